The minimum Gasteiger partial charge on any atom is -0.355 e. The van der Waals surface area contributed by atoms with Gasteiger partial charge in [-0.1, -0.05) is 6.07 Å². The smallest absolute Gasteiger partial charge is 0.191 e. The van der Waals surface area contributed by atoms with Crippen LogP contribution in [0.2, 0.25) is 0 Å². The van der Waals surface area contributed by atoms with Crippen LogP contribution in [0.25, 0.3) is 0 Å². The molecule has 0 aliphatic carbocycles. The van der Waals surface area contributed by atoms with E-state index in [2.05, 4.69) is 29.5 Å². The van der Waals surface area contributed by atoms with Gasteiger partial charge >= 0.3 is 0 Å². The Hall–Kier alpha value is -1.28. The normalized spacial score (nSPS) is 13.0. The molecule has 0 atom stereocenters. The fourth-order valence-electron chi connectivity index (χ4n) is 1.95. The van der Waals surface area contributed by atoms with Crippen LogP contribution in [0, 0.1) is 5.82 Å². The second kappa shape index (κ2) is 8.71. The van der Waals surface area contributed by atoms with E-state index in [4.69, 9.17) is 0 Å². The molecule has 0 saturated carbocycles. The average Bonchev–Trinajstić information content (AvgIpc) is 2.48. The highest BCUT2D eigenvalue weighted by molar-refractivity contribution is 7.99. The Labute approximate surface area is 148 Å². The lowest BCUT2D eigenvalue weighted by molar-refractivity contribution is 0.599. The van der Waals surface area contributed by atoms with E-state index >= 15 is 0 Å². The van der Waals surface area contributed by atoms with E-state index in [1.54, 1.807) is 18.8 Å². The number of hydrogen-bond donors (Lipinski definition) is 2. The van der Waals surface area contributed by atoms with E-state index in [1.807, 2.05) is 6.26 Å². The summed E-state index contributed by atoms with van der Waals surface area (Å²) in [6, 6.07) is 4.14. The topological polar surface area (TPSA) is 70.6 Å². The Kier molecular flexibility index (Phi) is 7.54. The first kappa shape index (κ1) is 20.8. The zero-order valence-electron chi connectivity index (χ0n) is 14.8. The molecule has 136 valence electrons. The maximum Gasteiger partial charge on any atom is 0.191 e. The van der Waals surface area contributed by atoms with Gasteiger partial charge in [-0.2, -0.15) is 11.8 Å². The van der Waals surface area contributed by atoms with Gasteiger partial charge in [0.05, 0.1) is 5.75 Å². The molecule has 1 rings (SSSR count). The van der Waals surface area contributed by atoms with Gasteiger partial charge < -0.3 is 10.6 Å². The van der Waals surface area contributed by atoms with Crippen molar-refractivity contribution < 1.29 is 12.8 Å². The predicted molar refractivity (Wildman–Crippen MR) is 101 cm³/mol. The standard InChI is InChI=1S/C16H26FN3O2S2/c1-16(2,23-4)11-20-15(18-3)19-9-13-8-14(17)7-6-12(13)10-24(5,21)22/h6-8H,9-11H2,1-5H3,(H2,18,19,20). The maximum atomic E-state index is 13.5. The Bertz CT molecular complexity index is 689. The van der Waals surface area contributed by atoms with Gasteiger partial charge in [-0.3, -0.25) is 4.99 Å². The van der Waals surface area contributed by atoms with Crippen molar-refractivity contribution in [1.82, 2.24) is 10.6 Å². The first-order valence-electron chi connectivity index (χ1n) is 7.51. The van der Waals surface area contributed by atoms with Gasteiger partial charge in [0.2, 0.25) is 0 Å². The number of halogens is 1. The van der Waals surface area contributed by atoms with Crippen LogP contribution in [0.1, 0.15) is 25.0 Å². The van der Waals surface area contributed by atoms with Crippen LogP contribution in [0.5, 0.6) is 0 Å². The van der Waals surface area contributed by atoms with Crippen LogP contribution in [0.3, 0.4) is 0 Å². The molecule has 0 amide bonds. The largest absolute Gasteiger partial charge is 0.355 e. The number of thioether (sulfide) groups is 1. The molecule has 1 aromatic rings. The highest BCUT2D eigenvalue weighted by Crippen LogP contribution is 2.19. The van der Waals surface area contributed by atoms with Crippen LogP contribution in [-0.4, -0.2) is 45.2 Å². The lowest BCUT2D eigenvalue weighted by atomic mass is 10.1. The minimum atomic E-state index is -3.19. The van der Waals surface area contributed by atoms with Gasteiger partial charge in [0, 0.05) is 31.1 Å². The number of nitrogens with one attached hydrogen (secondary N) is 2. The van der Waals surface area contributed by atoms with E-state index < -0.39 is 15.7 Å². The zero-order chi connectivity index (χ0) is 18.4. The molecule has 0 radical (unpaired) electrons. The third-order valence-electron chi connectivity index (χ3n) is 3.49. The summed E-state index contributed by atoms with van der Waals surface area (Å²) in [5.74, 6) is 0.0812. The average molecular weight is 376 g/mol. The summed E-state index contributed by atoms with van der Waals surface area (Å²) in [6.45, 7) is 5.25. The number of benzene rings is 1. The summed E-state index contributed by atoms with van der Waals surface area (Å²) in [5, 5.41) is 6.32. The first-order valence-corrected chi connectivity index (χ1v) is 10.8. The fraction of sp³-hybridized carbons (Fsp3) is 0.562. The monoisotopic (exact) mass is 375 g/mol. The van der Waals surface area contributed by atoms with E-state index in [1.165, 1.54) is 24.5 Å². The number of hydrogen-bond acceptors (Lipinski definition) is 4. The molecule has 0 heterocycles. The van der Waals surface area contributed by atoms with Crippen molar-refractivity contribution in [2.45, 2.75) is 30.9 Å². The number of aliphatic imine (C=N–C) groups is 1. The van der Waals surface area contributed by atoms with Gasteiger partial charge in [0.1, 0.15) is 5.82 Å². The second-order valence-electron chi connectivity index (χ2n) is 6.23. The molecule has 0 unspecified atom stereocenters. The van der Waals surface area contributed by atoms with Crippen LogP contribution >= 0.6 is 11.8 Å². The highest BCUT2D eigenvalue weighted by Gasteiger charge is 2.16. The third-order valence-corrected chi connectivity index (χ3v) is 5.57. The molecule has 0 aliphatic rings. The Morgan fingerprint density at radius 2 is 1.96 bits per heavy atom. The molecule has 0 aliphatic heterocycles. The second-order valence-corrected chi connectivity index (χ2v) is 9.88. The van der Waals surface area contributed by atoms with Crippen molar-refractivity contribution in [3.8, 4) is 0 Å². The number of guanidine groups is 1. The molecule has 0 spiro atoms. The van der Waals surface area contributed by atoms with Crippen molar-refractivity contribution >= 4 is 27.6 Å². The van der Waals surface area contributed by atoms with E-state index in [0.717, 1.165) is 0 Å². The first-order chi connectivity index (χ1) is 11.1. The van der Waals surface area contributed by atoms with Gasteiger partial charge in [0.15, 0.2) is 15.8 Å². The van der Waals surface area contributed by atoms with Crippen LogP contribution < -0.4 is 10.6 Å². The third kappa shape index (κ3) is 7.53. The van der Waals surface area contributed by atoms with Crippen LogP contribution in [-0.2, 0) is 22.1 Å². The number of nitrogens with zero attached hydrogens (tertiary/aromatic N) is 1. The summed E-state index contributed by atoms with van der Waals surface area (Å²) in [6.07, 6.45) is 3.21. The van der Waals surface area contributed by atoms with Gasteiger partial charge in [-0.25, -0.2) is 12.8 Å². The van der Waals surface area contributed by atoms with E-state index in [9.17, 15) is 12.8 Å². The quantitative estimate of drug-likeness (QED) is 0.565. The van der Waals surface area contributed by atoms with Crippen LogP contribution in [0.4, 0.5) is 4.39 Å². The predicted octanol–water partition coefficient (Wildman–Crippen LogP) is 2.18. The van der Waals surface area contributed by atoms with E-state index in [0.29, 0.717) is 30.2 Å². The molecule has 0 bridgehead atoms. The van der Waals surface area contributed by atoms with E-state index in [-0.39, 0.29) is 10.5 Å². The van der Waals surface area contributed by atoms with Crippen molar-refractivity contribution in [2.75, 3.05) is 26.1 Å². The number of rotatable bonds is 7. The highest BCUT2D eigenvalue weighted by atomic mass is 32.2. The van der Waals surface area contributed by atoms with Gasteiger partial charge in [0.25, 0.3) is 0 Å². The minimum absolute atomic E-state index is 0.0535. The Balaban J connectivity index is 2.79. The SMILES string of the molecule is CN=C(NCc1cc(F)ccc1CS(C)(=O)=O)NCC(C)(C)SC. The molecular weight excluding hydrogens is 349 g/mol. The summed E-state index contributed by atoms with van der Waals surface area (Å²) in [5.41, 5.74) is 1.19. The summed E-state index contributed by atoms with van der Waals surface area (Å²) >= 11 is 1.74. The van der Waals surface area contributed by atoms with Gasteiger partial charge in [-0.15, -0.1) is 0 Å². The fourth-order valence-corrected chi connectivity index (χ4v) is 3.01. The summed E-state index contributed by atoms with van der Waals surface area (Å²) in [4.78, 5) is 4.14. The van der Waals surface area contributed by atoms with Crippen LogP contribution in [0.15, 0.2) is 23.2 Å². The molecule has 2 N–H and O–H groups in total. The Morgan fingerprint density at radius 3 is 2.50 bits per heavy atom. The lowest BCUT2D eigenvalue weighted by Gasteiger charge is -2.24. The van der Waals surface area contributed by atoms with Crippen molar-refractivity contribution in [1.29, 1.82) is 0 Å². The summed E-state index contributed by atoms with van der Waals surface area (Å²) in [7, 11) is -1.53. The maximum absolute atomic E-state index is 13.5. The molecule has 8 heteroatoms. The Morgan fingerprint density at radius 1 is 1.29 bits per heavy atom. The zero-order valence-corrected chi connectivity index (χ0v) is 16.4. The molecule has 5 nitrogen and oxygen atoms in total. The van der Waals surface area contributed by atoms with Crippen molar-refractivity contribution in [3.63, 3.8) is 0 Å². The molecule has 0 fully saturated rings. The van der Waals surface area contributed by atoms with Crippen molar-refractivity contribution in [2.24, 2.45) is 4.99 Å². The van der Waals surface area contributed by atoms with Gasteiger partial charge in [-0.05, 0) is 43.4 Å². The molecular formula is C16H26FN3O2S2. The molecule has 0 saturated heterocycles. The number of sulfone groups is 1. The van der Waals surface area contributed by atoms with Crippen molar-refractivity contribution in [3.05, 3.63) is 35.1 Å². The summed E-state index contributed by atoms with van der Waals surface area (Å²) < 4.78 is 36.6. The molecule has 24 heavy (non-hydrogen) atoms. The molecule has 1 aromatic carbocycles. The molecule has 0 aromatic heterocycles. The lowest BCUT2D eigenvalue weighted by Crippen LogP contribution is -2.43.